The monoisotopic (exact) mass is 474 g/mol. The molecule has 0 N–H and O–H groups in total. The maximum Gasteiger partial charge on any atom is 0.358 e. The Kier molecular flexibility index (Phi) is 6.11. The second-order valence-electron chi connectivity index (χ2n) is 7.38. The smallest absolute Gasteiger partial charge is 0.358 e. The number of aryl methyl sites for hydroxylation is 1. The van der Waals surface area contributed by atoms with Gasteiger partial charge in [0.1, 0.15) is 0 Å². The van der Waals surface area contributed by atoms with Crippen LogP contribution in [-0.4, -0.2) is 54.3 Å². The molecule has 1 aromatic carbocycles. The van der Waals surface area contributed by atoms with Gasteiger partial charge in [0.2, 0.25) is 5.78 Å². The molecule has 32 heavy (non-hydrogen) atoms. The number of carbonyl (C=O) groups is 2. The molecule has 0 radical (unpaired) electrons. The molecule has 0 saturated carbocycles. The van der Waals surface area contributed by atoms with E-state index < -0.39 is 15.8 Å². The Morgan fingerprint density at radius 1 is 1.22 bits per heavy atom. The third kappa shape index (κ3) is 4.58. The van der Waals surface area contributed by atoms with Gasteiger partial charge in [-0.25, -0.2) is 18.2 Å². The van der Waals surface area contributed by atoms with Crippen molar-refractivity contribution in [2.24, 2.45) is 0 Å². The van der Waals surface area contributed by atoms with E-state index in [2.05, 4.69) is 10.1 Å². The molecule has 0 atom stereocenters. The standard InChI is InChI=1S/C21H22N4O5S2/c1-3-30-20(27)17-11-15-13-24(8-5-9-25(15)23-17)21-22-12-18(31-21)19(26)14-6-4-7-16(10-14)32(2,28)29/h4,6-7,10-12H,3,5,8-9,13H2,1-2H3. The Hall–Kier alpha value is -3.05. The van der Waals surface area contributed by atoms with E-state index >= 15 is 0 Å². The topological polar surface area (TPSA) is 111 Å². The number of hydrogen-bond acceptors (Lipinski definition) is 9. The Balaban J connectivity index is 1.55. The number of thiazole rings is 1. The van der Waals surface area contributed by atoms with E-state index in [1.165, 1.54) is 29.7 Å². The number of benzene rings is 1. The average Bonchev–Trinajstić information content (AvgIpc) is 3.36. The maximum absolute atomic E-state index is 12.9. The predicted molar refractivity (Wildman–Crippen MR) is 119 cm³/mol. The van der Waals surface area contributed by atoms with Crippen molar-refractivity contribution in [3.63, 3.8) is 0 Å². The molecule has 0 spiro atoms. The summed E-state index contributed by atoms with van der Waals surface area (Å²) >= 11 is 1.26. The molecule has 2 aromatic heterocycles. The summed E-state index contributed by atoms with van der Waals surface area (Å²) in [6.45, 7) is 3.93. The molecule has 11 heteroatoms. The zero-order chi connectivity index (χ0) is 22.9. The van der Waals surface area contributed by atoms with E-state index in [1.807, 2.05) is 9.58 Å². The molecule has 0 aliphatic carbocycles. The van der Waals surface area contributed by atoms with Gasteiger partial charge in [-0.05, 0) is 31.5 Å². The highest BCUT2D eigenvalue weighted by Crippen LogP contribution is 2.28. The molecule has 0 saturated heterocycles. The van der Waals surface area contributed by atoms with Crippen LogP contribution in [0.5, 0.6) is 0 Å². The molecule has 4 rings (SSSR count). The minimum atomic E-state index is -3.41. The molecule has 0 unspecified atom stereocenters. The molecular weight excluding hydrogens is 452 g/mol. The summed E-state index contributed by atoms with van der Waals surface area (Å²) in [5.41, 5.74) is 1.45. The quantitative estimate of drug-likeness (QED) is 0.396. The summed E-state index contributed by atoms with van der Waals surface area (Å²) in [6, 6.07) is 7.74. The van der Waals surface area contributed by atoms with E-state index in [4.69, 9.17) is 4.74 Å². The van der Waals surface area contributed by atoms with Crippen molar-refractivity contribution in [2.75, 3.05) is 24.3 Å². The third-order valence-corrected chi connectivity index (χ3v) is 7.18. The van der Waals surface area contributed by atoms with Crippen LogP contribution in [0.4, 0.5) is 5.13 Å². The van der Waals surface area contributed by atoms with Crippen molar-refractivity contribution >= 4 is 38.1 Å². The molecule has 168 valence electrons. The van der Waals surface area contributed by atoms with Gasteiger partial charge in [-0.15, -0.1) is 0 Å². The molecule has 0 bridgehead atoms. The van der Waals surface area contributed by atoms with Crippen LogP contribution in [0.1, 0.15) is 44.8 Å². The Labute approximate surface area is 189 Å². The SMILES string of the molecule is CCOC(=O)c1cc2n(n1)CCCN(c1ncc(C(=O)c3cccc(S(C)(=O)=O)c3)s1)C2. The highest BCUT2D eigenvalue weighted by molar-refractivity contribution is 7.90. The van der Waals surface area contributed by atoms with Crippen LogP contribution < -0.4 is 4.90 Å². The van der Waals surface area contributed by atoms with E-state index in [1.54, 1.807) is 25.1 Å². The van der Waals surface area contributed by atoms with Gasteiger partial charge in [0, 0.05) is 24.9 Å². The van der Waals surface area contributed by atoms with Gasteiger partial charge in [-0.1, -0.05) is 23.5 Å². The number of esters is 1. The number of carbonyl (C=O) groups excluding carboxylic acids is 2. The number of rotatable bonds is 6. The molecule has 1 aliphatic heterocycles. The fourth-order valence-electron chi connectivity index (χ4n) is 3.46. The van der Waals surface area contributed by atoms with Crippen molar-refractivity contribution in [3.05, 3.63) is 58.4 Å². The number of hydrogen-bond donors (Lipinski definition) is 0. The van der Waals surface area contributed by atoms with E-state index in [-0.39, 0.29) is 23.0 Å². The first-order valence-corrected chi connectivity index (χ1v) is 12.8. The number of sulfone groups is 1. The van der Waals surface area contributed by atoms with Gasteiger partial charge in [-0.2, -0.15) is 5.10 Å². The van der Waals surface area contributed by atoms with Gasteiger partial charge in [0.15, 0.2) is 20.7 Å². The highest BCUT2D eigenvalue weighted by atomic mass is 32.2. The minimum absolute atomic E-state index is 0.103. The largest absolute Gasteiger partial charge is 0.461 e. The summed E-state index contributed by atoms with van der Waals surface area (Å²) in [6.07, 6.45) is 3.43. The Morgan fingerprint density at radius 2 is 2.03 bits per heavy atom. The average molecular weight is 475 g/mol. The van der Waals surface area contributed by atoms with Crippen LogP contribution in [0.15, 0.2) is 41.4 Å². The normalized spacial score (nSPS) is 14.0. The lowest BCUT2D eigenvalue weighted by Gasteiger charge is -2.18. The van der Waals surface area contributed by atoms with Gasteiger partial charge >= 0.3 is 5.97 Å². The Morgan fingerprint density at radius 3 is 2.78 bits per heavy atom. The fourth-order valence-corrected chi connectivity index (χ4v) is 5.03. The summed E-state index contributed by atoms with van der Waals surface area (Å²) < 4.78 is 30.5. The van der Waals surface area contributed by atoms with E-state index in [0.29, 0.717) is 28.7 Å². The lowest BCUT2D eigenvalue weighted by Crippen LogP contribution is -2.22. The summed E-state index contributed by atoms with van der Waals surface area (Å²) in [5.74, 6) is -0.721. The van der Waals surface area contributed by atoms with Crippen LogP contribution in [0.25, 0.3) is 0 Å². The predicted octanol–water partition coefficient (Wildman–Crippen LogP) is 2.56. The first-order valence-electron chi connectivity index (χ1n) is 10.1. The highest BCUT2D eigenvalue weighted by Gasteiger charge is 2.23. The molecule has 3 heterocycles. The van der Waals surface area contributed by atoms with Crippen LogP contribution in [-0.2, 0) is 27.7 Å². The molecule has 9 nitrogen and oxygen atoms in total. The maximum atomic E-state index is 12.9. The van der Waals surface area contributed by atoms with Gasteiger partial charge in [0.25, 0.3) is 0 Å². The summed E-state index contributed by atoms with van der Waals surface area (Å²) in [5, 5.41) is 5.03. The number of fused-ring (bicyclic) bond motifs is 1. The number of ketones is 1. The molecular formula is C21H22N4O5S2. The van der Waals surface area contributed by atoms with E-state index in [0.717, 1.165) is 24.9 Å². The first kappa shape index (κ1) is 22.2. The van der Waals surface area contributed by atoms with Crippen LogP contribution >= 0.6 is 11.3 Å². The van der Waals surface area contributed by atoms with Crippen LogP contribution in [0.3, 0.4) is 0 Å². The van der Waals surface area contributed by atoms with Crippen LogP contribution in [0, 0.1) is 0 Å². The first-order chi connectivity index (χ1) is 15.3. The van der Waals surface area contributed by atoms with Crippen molar-refractivity contribution in [2.45, 2.75) is 31.3 Å². The molecule has 3 aromatic rings. The van der Waals surface area contributed by atoms with Crippen molar-refractivity contribution in [1.29, 1.82) is 0 Å². The molecule has 1 aliphatic rings. The second kappa shape index (κ2) is 8.83. The lowest BCUT2D eigenvalue weighted by atomic mass is 10.1. The van der Waals surface area contributed by atoms with Crippen molar-refractivity contribution < 1.29 is 22.7 Å². The van der Waals surface area contributed by atoms with Crippen molar-refractivity contribution in [1.82, 2.24) is 14.8 Å². The molecule has 0 amide bonds. The number of nitrogens with zero attached hydrogens (tertiary/aromatic N) is 4. The summed E-state index contributed by atoms with van der Waals surface area (Å²) in [7, 11) is -3.41. The molecule has 0 fully saturated rings. The lowest BCUT2D eigenvalue weighted by molar-refractivity contribution is 0.0518. The minimum Gasteiger partial charge on any atom is -0.461 e. The van der Waals surface area contributed by atoms with Crippen LogP contribution in [0.2, 0.25) is 0 Å². The zero-order valence-electron chi connectivity index (χ0n) is 17.6. The number of anilines is 1. The second-order valence-corrected chi connectivity index (χ2v) is 10.4. The number of ether oxygens (including phenoxy) is 1. The number of aromatic nitrogens is 3. The fraction of sp³-hybridized carbons (Fsp3) is 0.333. The van der Waals surface area contributed by atoms with Gasteiger partial charge in [-0.3, -0.25) is 9.48 Å². The Bertz CT molecular complexity index is 1280. The zero-order valence-corrected chi connectivity index (χ0v) is 19.3. The van der Waals surface area contributed by atoms with E-state index in [9.17, 15) is 18.0 Å². The van der Waals surface area contributed by atoms with Gasteiger partial charge in [0.05, 0.1) is 34.8 Å². The summed E-state index contributed by atoms with van der Waals surface area (Å²) in [4.78, 5) is 31.9. The van der Waals surface area contributed by atoms with Crippen molar-refractivity contribution in [3.8, 4) is 0 Å². The third-order valence-electron chi connectivity index (χ3n) is 5.01. The van der Waals surface area contributed by atoms with Gasteiger partial charge < -0.3 is 9.64 Å².